The Balaban J connectivity index is 1.46. The lowest BCUT2D eigenvalue weighted by Crippen LogP contribution is -2.53. The van der Waals surface area contributed by atoms with Crippen LogP contribution in [0.5, 0.6) is 0 Å². The number of hydrogen-bond donors (Lipinski definition) is 2. The van der Waals surface area contributed by atoms with E-state index >= 15 is 8.78 Å². The van der Waals surface area contributed by atoms with Crippen molar-refractivity contribution >= 4 is 34.2 Å². The van der Waals surface area contributed by atoms with Crippen LogP contribution in [0.3, 0.4) is 0 Å². The van der Waals surface area contributed by atoms with Gasteiger partial charge in [-0.05, 0) is 36.8 Å². The second-order valence-corrected chi connectivity index (χ2v) is 11.6. The lowest BCUT2D eigenvalue weighted by molar-refractivity contribution is -0.167. The number of halogens is 5. The van der Waals surface area contributed by atoms with E-state index in [0.29, 0.717) is 39.7 Å². The van der Waals surface area contributed by atoms with Gasteiger partial charge in [0.2, 0.25) is 0 Å². The summed E-state index contributed by atoms with van der Waals surface area (Å²) in [6.07, 6.45) is -3.57. The lowest BCUT2D eigenvalue weighted by atomic mass is 9.95. The Morgan fingerprint density at radius 2 is 1.81 bits per heavy atom. The number of carbonyl (C=O) groups is 2. The van der Waals surface area contributed by atoms with Crippen LogP contribution in [0.4, 0.5) is 33.3 Å². The molecule has 2 aromatic carbocycles. The summed E-state index contributed by atoms with van der Waals surface area (Å²) in [6, 6.07) is 5.63. The monoisotopic (exact) mass is 673 g/mol. The van der Waals surface area contributed by atoms with Crippen molar-refractivity contribution in [1.29, 1.82) is 0 Å². The fourth-order valence-electron chi connectivity index (χ4n) is 5.86. The highest BCUT2D eigenvalue weighted by Crippen LogP contribution is 2.34. The van der Waals surface area contributed by atoms with Gasteiger partial charge in [0, 0.05) is 62.6 Å². The average molecular weight is 674 g/mol. The van der Waals surface area contributed by atoms with Crippen LogP contribution in [0.1, 0.15) is 21.6 Å². The number of morpholine rings is 1. The summed E-state index contributed by atoms with van der Waals surface area (Å²) in [5.41, 5.74) is 1.34. The van der Waals surface area contributed by atoms with Gasteiger partial charge < -0.3 is 29.5 Å². The summed E-state index contributed by atoms with van der Waals surface area (Å²) >= 11 is 0. The van der Waals surface area contributed by atoms with E-state index in [2.05, 4.69) is 10.3 Å². The van der Waals surface area contributed by atoms with Crippen molar-refractivity contribution in [3.8, 4) is 11.1 Å². The summed E-state index contributed by atoms with van der Waals surface area (Å²) in [7, 11) is 5.34. The largest absolute Gasteiger partial charge is 0.480 e. The highest BCUT2D eigenvalue weighted by Gasteiger charge is 2.46. The lowest BCUT2D eigenvalue weighted by Gasteiger charge is -2.38. The molecule has 2 aromatic heterocycles. The number of aromatic nitrogens is 2. The number of carboxylic acid groups (broad SMARTS) is 1. The summed E-state index contributed by atoms with van der Waals surface area (Å²) in [6.45, 7) is 0.675. The Kier molecular flexibility index (Phi) is 9.44. The Morgan fingerprint density at radius 1 is 1.12 bits per heavy atom. The minimum absolute atomic E-state index is 0.109. The van der Waals surface area contributed by atoms with Gasteiger partial charge in [-0.25, -0.2) is 13.6 Å². The second-order valence-electron chi connectivity index (χ2n) is 11.6. The van der Waals surface area contributed by atoms with Gasteiger partial charge in [-0.15, -0.1) is 0 Å². The molecule has 1 saturated heterocycles. The number of pyridine rings is 2. The van der Waals surface area contributed by atoms with E-state index < -0.39 is 59.6 Å². The van der Waals surface area contributed by atoms with E-state index in [1.807, 2.05) is 25.9 Å². The molecule has 0 spiro atoms. The number of amides is 1. The predicted molar refractivity (Wildman–Crippen MR) is 168 cm³/mol. The van der Waals surface area contributed by atoms with Crippen molar-refractivity contribution in [3.63, 3.8) is 0 Å². The summed E-state index contributed by atoms with van der Waals surface area (Å²) < 4.78 is 77.3. The first-order valence-corrected chi connectivity index (χ1v) is 14.8. The minimum atomic E-state index is -4.75. The molecule has 15 heteroatoms. The highest BCUT2D eigenvalue weighted by atomic mass is 19.4. The molecule has 10 nitrogen and oxygen atoms in total. The molecular weight excluding hydrogens is 641 g/mol. The standard InChI is InChI=1S/C33H32F5N5O5/c1-17-26(41(2)3)15-22(31(45)42(17)4)21-8-7-18(20-6-5-9-39-29(20)21)12-25(32(46)47)40-30(44)28-23(34)13-19(14-24(28)35)43-10-11-48-16-27(43)33(36,37)38/h5-9,13-15,25,27H,10-12,16H2,1-4H3,(H,40,44)(H,46,47)/t25-,27+/m0/s1. The number of ether oxygens (including phenoxy) is 1. The van der Waals surface area contributed by atoms with Crippen molar-refractivity contribution in [3.05, 3.63) is 87.5 Å². The maximum absolute atomic E-state index is 15.2. The van der Waals surface area contributed by atoms with Crippen LogP contribution in [-0.2, 0) is 23.0 Å². The molecule has 0 radical (unpaired) electrons. The highest BCUT2D eigenvalue weighted by molar-refractivity contribution is 5.99. The topological polar surface area (TPSA) is 117 Å². The molecule has 1 aliphatic heterocycles. The molecule has 1 fully saturated rings. The van der Waals surface area contributed by atoms with E-state index in [1.165, 1.54) is 10.8 Å². The van der Waals surface area contributed by atoms with Gasteiger partial charge in [0.15, 0.2) is 0 Å². The molecule has 0 bridgehead atoms. The van der Waals surface area contributed by atoms with E-state index in [-0.39, 0.29) is 25.1 Å². The summed E-state index contributed by atoms with van der Waals surface area (Å²) in [5.74, 6) is -5.84. The molecule has 0 saturated carbocycles. The number of carboxylic acids is 1. The van der Waals surface area contributed by atoms with Crippen LogP contribution in [0.15, 0.2) is 53.5 Å². The SMILES string of the molecule is Cc1c(N(C)C)cc(-c2ccc(C[C@H](NC(=O)c3c(F)cc(N4CCOC[C@@H]4C(F)(F)F)cc3F)C(=O)O)c3cccnc23)c(=O)n1C. The molecule has 0 unspecified atom stereocenters. The summed E-state index contributed by atoms with van der Waals surface area (Å²) in [5, 5.41) is 12.6. The molecule has 254 valence electrons. The smallest absolute Gasteiger partial charge is 0.411 e. The number of alkyl halides is 3. The molecule has 48 heavy (non-hydrogen) atoms. The number of aliphatic carboxylic acids is 1. The number of rotatable bonds is 8. The predicted octanol–water partition coefficient (Wildman–Crippen LogP) is 4.45. The van der Waals surface area contributed by atoms with Gasteiger partial charge in [0.05, 0.1) is 30.0 Å². The van der Waals surface area contributed by atoms with Crippen molar-refractivity contribution < 1.29 is 41.4 Å². The zero-order chi connectivity index (χ0) is 35.1. The van der Waals surface area contributed by atoms with Gasteiger partial charge in [0.1, 0.15) is 29.3 Å². The summed E-state index contributed by atoms with van der Waals surface area (Å²) in [4.78, 5) is 45.7. The van der Waals surface area contributed by atoms with Gasteiger partial charge in [-0.1, -0.05) is 18.2 Å². The van der Waals surface area contributed by atoms with Gasteiger partial charge in [0.25, 0.3) is 11.5 Å². The van der Waals surface area contributed by atoms with E-state index in [9.17, 15) is 32.7 Å². The number of nitrogens with zero attached hydrogens (tertiary/aromatic N) is 4. The number of fused-ring (bicyclic) bond motifs is 1. The number of hydrogen-bond acceptors (Lipinski definition) is 7. The number of anilines is 2. The van der Waals surface area contributed by atoms with Crippen LogP contribution < -0.4 is 20.7 Å². The van der Waals surface area contributed by atoms with Crippen LogP contribution >= 0.6 is 0 Å². The normalized spacial score (nSPS) is 15.8. The van der Waals surface area contributed by atoms with Crippen LogP contribution in [0.25, 0.3) is 22.0 Å². The first kappa shape index (κ1) is 34.3. The maximum Gasteiger partial charge on any atom is 0.411 e. The Hall–Kier alpha value is -5.05. The average Bonchev–Trinajstić information content (AvgIpc) is 3.03. The molecular formula is C33H32F5N5O5. The molecule has 4 aromatic rings. The fraction of sp³-hybridized carbons (Fsp3) is 0.333. The van der Waals surface area contributed by atoms with Crippen molar-refractivity contribution in [2.24, 2.45) is 7.05 Å². The molecule has 2 atom stereocenters. The van der Waals surface area contributed by atoms with Crippen molar-refractivity contribution in [2.45, 2.75) is 31.6 Å². The van der Waals surface area contributed by atoms with Gasteiger partial charge in [-0.3, -0.25) is 14.6 Å². The van der Waals surface area contributed by atoms with Crippen molar-refractivity contribution in [1.82, 2.24) is 14.9 Å². The third-order valence-electron chi connectivity index (χ3n) is 8.44. The van der Waals surface area contributed by atoms with Gasteiger partial charge >= 0.3 is 12.1 Å². The van der Waals surface area contributed by atoms with Crippen LogP contribution in [0.2, 0.25) is 0 Å². The fourth-order valence-corrected chi connectivity index (χ4v) is 5.86. The van der Waals surface area contributed by atoms with Crippen LogP contribution in [0, 0.1) is 18.6 Å². The molecule has 1 amide bonds. The third-order valence-corrected chi connectivity index (χ3v) is 8.44. The zero-order valence-electron chi connectivity index (χ0n) is 26.4. The number of nitrogens with one attached hydrogen (secondary N) is 1. The second kappa shape index (κ2) is 13.2. The Bertz CT molecular complexity index is 1940. The molecule has 3 heterocycles. The van der Waals surface area contributed by atoms with E-state index in [4.69, 9.17) is 4.74 Å². The quantitative estimate of drug-likeness (QED) is 0.264. The Morgan fingerprint density at radius 3 is 2.44 bits per heavy atom. The first-order chi connectivity index (χ1) is 22.6. The molecule has 2 N–H and O–H groups in total. The number of carbonyl (C=O) groups excluding carboxylic acids is 1. The molecule has 0 aliphatic carbocycles. The number of benzene rings is 2. The van der Waals surface area contributed by atoms with E-state index in [1.54, 1.807) is 37.4 Å². The van der Waals surface area contributed by atoms with Crippen molar-refractivity contribution in [2.75, 3.05) is 43.7 Å². The molecule has 1 aliphatic rings. The zero-order valence-corrected chi connectivity index (χ0v) is 26.4. The molecule has 5 rings (SSSR count). The van der Waals surface area contributed by atoms with E-state index in [0.717, 1.165) is 16.3 Å². The third kappa shape index (κ3) is 6.54. The van der Waals surface area contributed by atoms with Crippen LogP contribution in [-0.4, -0.2) is 78.6 Å². The minimum Gasteiger partial charge on any atom is -0.480 e. The Labute approximate surface area is 271 Å². The maximum atomic E-state index is 15.2. The van der Waals surface area contributed by atoms with Gasteiger partial charge in [-0.2, -0.15) is 13.2 Å². The first-order valence-electron chi connectivity index (χ1n) is 14.8.